The van der Waals surface area contributed by atoms with Crippen LogP contribution < -0.4 is 19.5 Å². The number of pyridine rings is 1. The molecule has 1 fully saturated rings. The molecule has 3 aliphatic rings. The van der Waals surface area contributed by atoms with Crippen molar-refractivity contribution in [2.24, 2.45) is 5.92 Å². The highest BCUT2D eigenvalue weighted by Gasteiger charge is 2.35. The minimum absolute atomic E-state index is 0.136. The van der Waals surface area contributed by atoms with E-state index in [2.05, 4.69) is 22.1 Å². The van der Waals surface area contributed by atoms with Crippen LogP contribution in [0, 0.1) is 17.8 Å². The molecular formula is C30H36N4O7. The smallest absolute Gasteiger partial charge is 0.321 e. The Morgan fingerprint density at radius 2 is 2.02 bits per heavy atom. The molecule has 11 heteroatoms. The molecule has 1 aromatic carbocycles. The Kier molecular flexibility index (Phi) is 8.24. The van der Waals surface area contributed by atoms with E-state index >= 15 is 0 Å². The highest BCUT2D eigenvalue weighted by Crippen LogP contribution is 2.34. The quantitative estimate of drug-likeness (QED) is 0.472. The molecule has 2 aliphatic heterocycles. The first-order chi connectivity index (χ1) is 19.7. The monoisotopic (exact) mass is 564 g/mol. The zero-order chi connectivity index (χ0) is 29.1. The number of anilines is 1. The maximum Gasteiger partial charge on any atom is 0.321 e. The number of carbonyl (C=O) groups is 2. The number of rotatable bonds is 5. The minimum Gasteiger partial charge on any atom is -0.472 e. The van der Waals surface area contributed by atoms with Crippen LogP contribution in [0.25, 0.3) is 0 Å². The Hall–Kier alpha value is -4.01. The third-order valence-corrected chi connectivity index (χ3v) is 7.82. The third-order valence-electron chi connectivity index (χ3n) is 7.82. The van der Waals surface area contributed by atoms with Crippen LogP contribution in [0.2, 0.25) is 0 Å². The van der Waals surface area contributed by atoms with Crippen molar-refractivity contribution in [2.45, 2.75) is 57.3 Å². The largest absolute Gasteiger partial charge is 0.472 e. The van der Waals surface area contributed by atoms with E-state index in [0.29, 0.717) is 42.1 Å². The number of aliphatic hydroxyl groups excluding tert-OH is 1. The van der Waals surface area contributed by atoms with E-state index in [9.17, 15) is 19.8 Å². The molecule has 0 saturated heterocycles. The van der Waals surface area contributed by atoms with Crippen molar-refractivity contribution in [2.75, 3.05) is 38.9 Å². The summed E-state index contributed by atoms with van der Waals surface area (Å²) in [4.78, 5) is 34.2. The fourth-order valence-corrected chi connectivity index (χ4v) is 5.21. The minimum atomic E-state index is -1.02. The number of hydrogen-bond donors (Lipinski definition) is 3. The van der Waals surface area contributed by atoms with Crippen molar-refractivity contribution in [1.82, 2.24) is 14.8 Å². The molecule has 0 radical (unpaired) electrons. The van der Waals surface area contributed by atoms with Crippen molar-refractivity contribution in [3.8, 4) is 29.2 Å². The number of nitrogens with zero attached hydrogens (tertiary/aromatic N) is 3. The summed E-state index contributed by atoms with van der Waals surface area (Å²) in [5.74, 6) is 6.74. The summed E-state index contributed by atoms with van der Waals surface area (Å²) in [5, 5.41) is 23.4. The lowest BCUT2D eigenvalue weighted by molar-refractivity contribution is 0.0356. The standard InChI is InChI=1S/C30H36N4O7/c1-19-15-34(20(2)17-35)28(36)23-12-21(8-11-30(38)9-4-5-10-30)14-31-27(23)41-26(19)16-33(3)29(37)32-22-6-7-24-25(13-22)40-18-39-24/h6-7,12-14,19-20,26,35,38H,4-5,9-10,15-18H2,1-3H3,(H,32,37)/t19-,20-,26+/m0/s1. The number of fused-ring (bicyclic) bond motifs is 2. The summed E-state index contributed by atoms with van der Waals surface area (Å²) in [6.45, 7) is 4.16. The van der Waals surface area contributed by atoms with Gasteiger partial charge in [0.2, 0.25) is 12.7 Å². The number of amides is 3. The Morgan fingerprint density at radius 1 is 1.27 bits per heavy atom. The van der Waals surface area contributed by atoms with Gasteiger partial charge in [0.15, 0.2) is 11.5 Å². The fourth-order valence-electron chi connectivity index (χ4n) is 5.21. The van der Waals surface area contributed by atoms with Gasteiger partial charge in [-0.15, -0.1) is 0 Å². The van der Waals surface area contributed by atoms with E-state index < -0.39 is 17.7 Å². The van der Waals surface area contributed by atoms with Crippen LogP contribution in [-0.2, 0) is 0 Å². The number of ether oxygens (including phenoxy) is 3. The van der Waals surface area contributed by atoms with Gasteiger partial charge in [-0.1, -0.05) is 18.8 Å². The fraction of sp³-hybridized carbons (Fsp3) is 0.500. The van der Waals surface area contributed by atoms with Gasteiger partial charge in [0.1, 0.15) is 17.3 Å². The van der Waals surface area contributed by atoms with Crippen molar-refractivity contribution < 1.29 is 34.0 Å². The average molecular weight is 565 g/mol. The Bertz CT molecular complexity index is 1360. The lowest BCUT2D eigenvalue weighted by Gasteiger charge is -2.37. The van der Waals surface area contributed by atoms with E-state index in [4.69, 9.17) is 14.2 Å². The Balaban J connectivity index is 1.37. The Morgan fingerprint density at radius 3 is 2.78 bits per heavy atom. The predicted molar refractivity (Wildman–Crippen MR) is 150 cm³/mol. The van der Waals surface area contributed by atoms with Gasteiger partial charge < -0.3 is 39.5 Å². The number of nitrogens with one attached hydrogen (secondary N) is 1. The van der Waals surface area contributed by atoms with Gasteiger partial charge in [-0.2, -0.15) is 0 Å². The molecule has 0 bridgehead atoms. The zero-order valence-corrected chi connectivity index (χ0v) is 23.6. The van der Waals surface area contributed by atoms with Crippen molar-refractivity contribution >= 4 is 17.6 Å². The predicted octanol–water partition coefficient (Wildman–Crippen LogP) is 2.85. The van der Waals surface area contributed by atoms with Gasteiger partial charge in [-0.3, -0.25) is 4.79 Å². The van der Waals surface area contributed by atoms with Gasteiger partial charge in [0.25, 0.3) is 5.91 Å². The summed E-state index contributed by atoms with van der Waals surface area (Å²) in [7, 11) is 1.66. The van der Waals surface area contributed by atoms with Gasteiger partial charge >= 0.3 is 6.03 Å². The number of carbonyl (C=O) groups excluding carboxylic acids is 2. The average Bonchev–Trinajstić information content (AvgIpc) is 3.62. The van der Waals surface area contributed by atoms with Crippen molar-refractivity contribution in [3.05, 3.63) is 41.6 Å². The second-order valence-electron chi connectivity index (χ2n) is 11.1. The number of likely N-dealkylation sites (N-methyl/N-ethyl adjacent to an activating group) is 1. The summed E-state index contributed by atoms with van der Waals surface area (Å²) in [6.07, 6.45) is 4.12. The highest BCUT2D eigenvalue weighted by molar-refractivity contribution is 5.97. The number of benzene rings is 1. The molecule has 11 nitrogen and oxygen atoms in total. The normalized spacial score (nSPS) is 21.5. The second kappa shape index (κ2) is 11.8. The zero-order valence-electron chi connectivity index (χ0n) is 23.6. The van der Waals surface area contributed by atoms with Gasteiger partial charge in [0, 0.05) is 43.0 Å². The van der Waals surface area contributed by atoms with Crippen LogP contribution in [0.4, 0.5) is 10.5 Å². The molecule has 1 aromatic heterocycles. The molecule has 0 spiro atoms. The third kappa shape index (κ3) is 6.34. The number of aromatic nitrogens is 1. The molecule has 218 valence electrons. The molecule has 2 aromatic rings. The van der Waals surface area contributed by atoms with Crippen LogP contribution >= 0.6 is 0 Å². The molecule has 3 atom stereocenters. The van der Waals surface area contributed by atoms with Crippen LogP contribution in [0.5, 0.6) is 17.4 Å². The second-order valence-corrected chi connectivity index (χ2v) is 11.1. The molecule has 3 N–H and O–H groups in total. The van der Waals surface area contributed by atoms with Crippen LogP contribution in [0.1, 0.15) is 55.5 Å². The van der Waals surface area contributed by atoms with Crippen LogP contribution in [-0.4, -0.2) is 88.2 Å². The molecule has 41 heavy (non-hydrogen) atoms. The summed E-state index contributed by atoms with van der Waals surface area (Å²) in [6, 6.07) is 6.01. The first-order valence-electron chi connectivity index (χ1n) is 13.9. The molecule has 3 amide bonds. The van der Waals surface area contributed by atoms with Gasteiger partial charge in [-0.05, 0) is 50.8 Å². The first kappa shape index (κ1) is 28.5. The van der Waals surface area contributed by atoms with Crippen molar-refractivity contribution in [1.29, 1.82) is 0 Å². The molecule has 3 heterocycles. The summed E-state index contributed by atoms with van der Waals surface area (Å²) < 4.78 is 17.0. The van der Waals surface area contributed by atoms with Crippen LogP contribution in [0.15, 0.2) is 30.5 Å². The van der Waals surface area contributed by atoms with E-state index in [1.807, 2.05) is 6.92 Å². The van der Waals surface area contributed by atoms with Gasteiger partial charge in [-0.25, -0.2) is 9.78 Å². The van der Waals surface area contributed by atoms with Crippen LogP contribution in [0.3, 0.4) is 0 Å². The summed E-state index contributed by atoms with van der Waals surface area (Å²) >= 11 is 0. The van der Waals surface area contributed by atoms with E-state index in [0.717, 1.165) is 12.8 Å². The number of urea groups is 1. The van der Waals surface area contributed by atoms with Crippen molar-refractivity contribution in [3.63, 3.8) is 0 Å². The molecule has 1 aliphatic carbocycles. The lowest BCUT2D eigenvalue weighted by Crippen LogP contribution is -2.50. The highest BCUT2D eigenvalue weighted by atomic mass is 16.7. The topological polar surface area (TPSA) is 134 Å². The van der Waals surface area contributed by atoms with E-state index in [1.54, 1.807) is 43.1 Å². The van der Waals surface area contributed by atoms with E-state index in [1.165, 1.54) is 11.1 Å². The molecule has 1 saturated carbocycles. The Labute approximate surface area is 239 Å². The first-order valence-corrected chi connectivity index (χ1v) is 13.9. The maximum absolute atomic E-state index is 13.6. The maximum atomic E-state index is 13.6. The molecular weight excluding hydrogens is 528 g/mol. The molecule has 0 unspecified atom stereocenters. The number of hydrogen-bond acceptors (Lipinski definition) is 8. The molecule has 5 rings (SSSR count). The van der Waals surface area contributed by atoms with Gasteiger partial charge in [0.05, 0.1) is 19.2 Å². The number of aliphatic hydroxyl groups is 2. The SMILES string of the molecule is C[C@H]1CN([C@@H](C)CO)C(=O)c2cc(C#CC3(O)CCCC3)cnc2O[C@@H]1CN(C)C(=O)Nc1ccc2c(c1)OCO2. The lowest BCUT2D eigenvalue weighted by atomic mass is 9.99. The summed E-state index contributed by atoms with van der Waals surface area (Å²) in [5.41, 5.74) is 0.256. The van der Waals surface area contributed by atoms with E-state index in [-0.39, 0.29) is 49.2 Å².